The summed E-state index contributed by atoms with van der Waals surface area (Å²) >= 11 is 1.25. The smallest absolute Gasteiger partial charge is 0.258 e. The molecule has 3 heterocycles. The average molecular weight is 599 g/mol. The molecular weight excluding hydrogens is 562 g/mol. The Morgan fingerprint density at radius 3 is 2.52 bits per heavy atom. The second-order valence-corrected chi connectivity index (χ2v) is 11.8. The predicted molar refractivity (Wildman–Crippen MR) is 161 cm³/mol. The number of nitrogens with one attached hydrogen (secondary N) is 3. The van der Waals surface area contributed by atoms with Crippen LogP contribution in [-0.2, 0) is 17.8 Å². The third-order valence-corrected chi connectivity index (χ3v) is 8.47. The van der Waals surface area contributed by atoms with Crippen LogP contribution in [0.1, 0.15) is 40.9 Å². The molecular formula is C29H36F2N8O2S. The van der Waals surface area contributed by atoms with Gasteiger partial charge in [0.1, 0.15) is 11.6 Å². The van der Waals surface area contributed by atoms with Crippen molar-refractivity contribution in [3.8, 4) is 0 Å². The Balaban J connectivity index is 1.33. The molecule has 0 bridgehead atoms. The van der Waals surface area contributed by atoms with Gasteiger partial charge in [-0.2, -0.15) is 5.10 Å². The van der Waals surface area contributed by atoms with Gasteiger partial charge in [-0.05, 0) is 68.7 Å². The van der Waals surface area contributed by atoms with Crippen LogP contribution in [0, 0.1) is 11.6 Å². The number of piperazine rings is 1. The zero-order valence-electron chi connectivity index (χ0n) is 23.6. The first-order valence-electron chi connectivity index (χ1n) is 14.1. The fraction of sp³-hybridized carbons (Fsp3) is 0.414. The lowest BCUT2D eigenvalue weighted by molar-refractivity contribution is -0.116. The standard InChI is InChI=1S/C29H36F2N8O2S/c1-37-10-12-38(13-11-37)21-5-6-23(26(17-21)33-27(40)4-2-3-8-32)29(41)34-28-24-18-39(9-7-25(24)35-36-28)42-22-15-19(30)14-20(31)16-22/h5-6,14-17H,2-4,7-13,18,32H2,1H3,(H,33,40)(H2,34,35,36,41). The quantitative estimate of drug-likeness (QED) is 0.205. The van der Waals surface area contributed by atoms with Gasteiger partial charge in [-0.3, -0.25) is 14.7 Å². The topological polar surface area (TPSA) is 123 Å². The van der Waals surface area contributed by atoms with E-state index in [1.54, 1.807) is 6.07 Å². The second-order valence-electron chi connectivity index (χ2n) is 10.6. The molecule has 5 N–H and O–H groups in total. The molecule has 2 aromatic carbocycles. The van der Waals surface area contributed by atoms with Crippen molar-refractivity contribution in [3.63, 3.8) is 0 Å². The molecule has 2 aliphatic heterocycles. The third-order valence-electron chi connectivity index (χ3n) is 7.45. The van der Waals surface area contributed by atoms with Crippen molar-refractivity contribution in [2.45, 2.75) is 37.1 Å². The summed E-state index contributed by atoms with van der Waals surface area (Å²) in [5.41, 5.74) is 8.99. The molecule has 0 radical (unpaired) electrons. The number of nitrogens with zero attached hydrogens (tertiary/aromatic N) is 4. The average Bonchev–Trinajstić information content (AvgIpc) is 3.34. The van der Waals surface area contributed by atoms with E-state index in [4.69, 9.17) is 5.73 Å². The lowest BCUT2D eigenvalue weighted by Gasteiger charge is -2.34. The van der Waals surface area contributed by atoms with Crippen LogP contribution in [0.2, 0.25) is 0 Å². The number of rotatable bonds is 10. The first-order valence-corrected chi connectivity index (χ1v) is 14.9. The van der Waals surface area contributed by atoms with Crippen LogP contribution in [0.4, 0.5) is 26.0 Å². The van der Waals surface area contributed by atoms with E-state index in [1.807, 2.05) is 16.4 Å². The molecule has 2 amide bonds. The summed E-state index contributed by atoms with van der Waals surface area (Å²) in [5.74, 6) is -1.45. The highest BCUT2D eigenvalue weighted by Gasteiger charge is 2.26. The van der Waals surface area contributed by atoms with E-state index in [9.17, 15) is 18.4 Å². The lowest BCUT2D eigenvalue weighted by Crippen LogP contribution is -2.44. The minimum atomic E-state index is -0.632. The van der Waals surface area contributed by atoms with Gasteiger partial charge in [-0.1, -0.05) is 0 Å². The van der Waals surface area contributed by atoms with Crippen molar-refractivity contribution in [1.29, 1.82) is 0 Å². The van der Waals surface area contributed by atoms with Crippen LogP contribution in [0.3, 0.4) is 0 Å². The first kappa shape index (κ1) is 30.0. The van der Waals surface area contributed by atoms with Crippen molar-refractivity contribution in [2.75, 3.05) is 61.8 Å². The number of halogens is 2. The molecule has 0 atom stereocenters. The summed E-state index contributed by atoms with van der Waals surface area (Å²) in [7, 11) is 2.09. The molecule has 1 saturated heterocycles. The molecule has 0 saturated carbocycles. The van der Waals surface area contributed by atoms with Gasteiger partial charge in [-0.15, -0.1) is 0 Å². The summed E-state index contributed by atoms with van der Waals surface area (Å²) < 4.78 is 29.4. The zero-order chi connectivity index (χ0) is 29.6. The zero-order valence-corrected chi connectivity index (χ0v) is 24.4. The normalized spacial score (nSPS) is 15.9. The SMILES string of the molecule is CN1CCN(c2ccc(C(=O)Nc3n[nH]c4c3CN(Sc3cc(F)cc(F)c3)CC4)c(NC(=O)CCCCN)c2)CC1. The monoisotopic (exact) mass is 598 g/mol. The Hall–Kier alpha value is -3.52. The van der Waals surface area contributed by atoms with Crippen molar-refractivity contribution in [3.05, 3.63) is 64.9 Å². The maximum absolute atomic E-state index is 13.7. The number of unbranched alkanes of at least 4 members (excludes halogenated alkanes) is 1. The number of carbonyl (C=O) groups excluding carboxylic acids is 2. The van der Waals surface area contributed by atoms with Crippen molar-refractivity contribution in [2.24, 2.45) is 5.73 Å². The number of nitrogens with two attached hydrogens (primary N) is 1. The first-order chi connectivity index (χ1) is 20.3. The fourth-order valence-electron chi connectivity index (χ4n) is 5.09. The minimum absolute atomic E-state index is 0.174. The van der Waals surface area contributed by atoms with Crippen molar-refractivity contribution >= 4 is 41.0 Å². The molecule has 0 unspecified atom stereocenters. The Morgan fingerprint density at radius 2 is 1.79 bits per heavy atom. The number of aromatic nitrogens is 2. The number of benzene rings is 2. The van der Waals surface area contributed by atoms with E-state index in [1.165, 1.54) is 24.1 Å². The molecule has 1 fully saturated rings. The Bertz CT molecular complexity index is 1410. The molecule has 42 heavy (non-hydrogen) atoms. The van der Waals surface area contributed by atoms with Gasteiger partial charge >= 0.3 is 0 Å². The number of fused-ring (bicyclic) bond motifs is 1. The minimum Gasteiger partial charge on any atom is -0.369 e. The Kier molecular flexibility index (Phi) is 9.73. The summed E-state index contributed by atoms with van der Waals surface area (Å²) in [6, 6.07) is 8.92. The van der Waals surface area contributed by atoms with Gasteiger partial charge < -0.3 is 26.2 Å². The highest BCUT2D eigenvalue weighted by Crippen LogP contribution is 2.33. The van der Waals surface area contributed by atoms with Gasteiger partial charge in [0.05, 0.1) is 11.3 Å². The van der Waals surface area contributed by atoms with E-state index in [-0.39, 0.29) is 5.91 Å². The number of aromatic amines is 1. The van der Waals surface area contributed by atoms with E-state index < -0.39 is 17.5 Å². The molecule has 10 nitrogen and oxygen atoms in total. The maximum atomic E-state index is 13.7. The number of carbonyl (C=O) groups is 2. The van der Waals surface area contributed by atoms with Crippen molar-refractivity contribution < 1.29 is 18.4 Å². The Morgan fingerprint density at radius 1 is 1.02 bits per heavy atom. The van der Waals surface area contributed by atoms with E-state index >= 15 is 0 Å². The van der Waals surface area contributed by atoms with Gasteiger partial charge in [0.15, 0.2) is 5.82 Å². The molecule has 0 aliphatic carbocycles. The fourth-order valence-corrected chi connectivity index (χ4v) is 6.10. The van der Waals surface area contributed by atoms with E-state index in [0.717, 1.165) is 55.6 Å². The Labute approximate surface area is 248 Å². The number of anilines is 3. The van der Waals surface area contributed by atoms with E-state index in [2.05, 4.69) is 37.7 Å². The van der Waals surface area contributed by atoms with Gasteiger partial charge in [0.2, 0.25) is 5.91 Å². The van der Waals surface area contributed by atoms with Crippen molar-refractivity contribution in [1.82, 2.24) is 19.4 Å². The summed E-state index contributed by atoms with van der Waals surface area (Å²) in [6.45, 7) is 5.12. The van der Waals surface area contributed by atoms with Gasteiger partial charge in [0.25, 0.3) is 5.91 Å². The molecule has 0 spiro atoms. The number of amides is 2. The molecule has 3 aromatic rings. The van der Waals surface area contributed by atoms with E-state index in [0.29, 0.717) is 60.9 Å². The maximum Gasteiger partial charge on any atom is 0.258 e. The highest BCUT2D eigenvalue weighted by atomic mass is 32.2. The molecule has 224 valence electrons. The summed E-state index contributed by atoms with van der Waals surface area (Å²) in [4.78, 5) is 31.3. The summed E-state index contributed by atoms with van der Waals surface area (Å²) in [5, 5.41) is 13.2. The van der Waals surface area contributed by atoms with Crippen LogP contribution in [0.5, 0.6) is 0 Å². The molecule has 2 aliphatic rings. The lowest BCUT2D eigenvalue weighted by atomic mass is 10.1. The largest absolute Gasteiger partial charge is 0.369 e. The van der Waals surface area contributed by atoms with Crippen LogP contribution < -0.4 is 21.3 Å². The van der Waals surface area contributed by atoms with Crippen LogP contribution in [-0.4, -0.2) is 77.5 Å². The van der Waals surface area contributed by atoms with Gasteiger partial charge in [0, 0.05) is 80.0 Å². The van der Waals surface area contributed by atoms with Crippen LogP contribution in [0.25, 0.3) is 0 Å². The number of hydrogen-bond acceptors (Lipinski definition) is 8. The predicted octanol–water partition coefficient (Wildman–Crippen LogP) is 3.82. The number of hydrogen-bond donors (Lipinski definition) is 4. The molecule has 5 rings (SSSR count). The summed E-state index contributed by atoms with van der Waals surface area (Å²) in [6.07, 6.45) is 2.35. The highest BCUT2D eigenvalue weighted by molar-refractivity contribution is 7.97. The number of H-pyrrole nitrogens is 1. The van der Waals surface area contributed by atoms with Crippen LogP contribution >= 0.6 is 11.9 Å². The molecule has 13 heteroatoms. The molecule has 1 aromatic heterocycles. The van der Waals surface area contributed by atoms with Gasteiger partial charge in [-0.25, -0.2) is 13.1 Å². The number of likely N-dealkylation sites (N-methyl/N-ethyl adjacent to an activating group) is 1. The van der Waals surface area contributed by atoms with Crippen LogP contribution in [0.15, 0.2) is 41.3 Å². The second kappa shape index (κ2) is 13.6. The third kappa shape index (κ3) is 7.46.